The van der Waals surface area contributed by atoms with Gasteiger partial charge in [0.15, 0.2) is 0 Å². The molecule has 29 heavy (non-hydrogen) atoms. The summed E-state index contributed by atoms with van der Waals surface area (Å²) in [5, 5.41) is 4.95. The molecule has 1 unspecified atom stereocenters. The highest BCUT2D eigenvalue weighted by molar-refractivity contribution is 7.12. The van der Waals surface area contributed by atoms with Gasteiger partial charge in [-0.25, -0.2) is 0 Å². The Hall–Kier alpha value is -2.25. The van der Waals surface area contributed by atoms with Crippen LogP contribution < -0.4 is 5.32 Å². The van der Waals surface area contributed by atoms with Gasteiger partial charge in [0.2, 0.25) is 0 Å². The van der Waals surface area contributed by atoms with Crippen molar-refractivity contribution >= 4 is 23.2 Å². The maximum Gasteiger partial charge on any atom is 0.263 e. The van der Waals surface area contributed by atoms with Crippen LogP contribution in [0.5, 0.6) is 0 Å². The monoisotopic (exact) mass is 413 g/mol. The van der Waals surface area contributed by atoms with E-state index in [4.69, 9.17) is 9.72 Å². The summed E-state index contributed by atoms with van der Waals surface area (Å²) in [4.78, 5) is 32.8. The van der Waals surface area contributed by atoms with Crippen LogP contribution in [0.4, 0.5) is 0 Å². The number of aromatic nitrogens is 1. The van der Waals surface area contributed by atoms with Gasteiger partial charge in [0.25, 0.3) is 11.8 Å². The third-order valence-corrected chi connectivity index (χ3v) is 6.58. The van der Waals surface area contributed by atoms with E-state index in [0.29, 0.717) is 25.2 Å². The fourth-order valence-electron chi connectivity index (χ4n) is 4.10. The van der Waals surface area contributed by atoms with Crippen molar-refractivity contribution in [3.63, 3.8) is 0 Å². The zero-order valence-electron chi connectivity index (χ0n) is 16.7. The highest BCUT2D eigenvalue weighted by atomic mass is 32.1. The van der Waals surface area contributed by atoms with E-state index in [9.17, 15) is 9.59 Å². The molecule has 1 N–H and O–H groups in total. The van der Waals surface area contributed by atoms with Crippen LogP contribution in [0.3, 0.4) is 0 Å². The van der Waals surface area contributed by atoms with Crippen LogP contribution in [0.2, 0.25) is 0 Å². The fourth-order valence-corrected chi connectivity index (χ4v) is 4.79. The Morgan fingerprint density at radius 3 is 2.76 bits per heavy atom. The maximum atomic E-state index is 12.8. The minimum atomic E-state index is -0.0832. The molecule has 0 aliphatic carbocycles. The van der Waals surface area contributed by atoms with Crippen LogP contribution in [0.25, 0.3) is 0 Å². The van der Waals surface area contributed by atoms with Gasteiger partial charge in [0, 0.05) is 37.9 Å². The number of ether oxygens (including phenoxy) is 1. The Labute approximate surface area is 175 Å². The Kier molecular flexibility index (Phi) is 6.25. The minimum Gasteiger partial charge on any atom is -0.376 e. The zero-order valence-corrected chi connectivity index (χ0v) is 17.5. The van der Waals surface area contributed by atoms with E-state index in [2.05, 4.69) is 5.32 Å². The second-order valence-corrected chi connectivity index (χ2v) is 8.72. The molecule has 1 atom stereocenters. The summed E-state index contributed by atoms with van der Waals surface area (Å²) < 4.78 is 5.60. The molecule has 0 spiro atoms. The first-order valence-corrected chi connectivity index (χ1v) is 11.2. The molecule has 0 saturated carbocycles. The Morgan fingerprint density at radius 2 is 2.07 bits per heavy atom. The molecule has 6 nitrogen and oxygen atoms in total. The third kappa shape index (κ3) is 4.67. The molecule has 0 radical (unpaired) electrons. The van der Waals surface area contributed by atoms with Gasteiger partial charge in [-0.2, -0.15) is 0 Å². The van der Waals surface area contributed by atoms with Crippen LogP contribution in [0.15, 0.2) is 29.6 Å². The fraction of sp³-hybridized carbons (Fsp3) is 0.500. The highest BCUT2D eigenvalue weighted by Crippen LogP contribution is 2.30. The van der Waals surface area contributed by atoms with Crippen LogP contribution in [-0.4, -0.2) is 54.0 Å². The summed E-state index contributed by atoms with van der Waals surface area (Å²) in [5.41, 5.74) is 2.42. The van der Waals surface area contributed by atoms with E-state index < -0.39 is 0 Å². The van der Waals surface area contributed by atoms with Gasteiger partial charge in [0.1, 0.15) is 0 Å². The predicted octanol–water partition coefficient (Wildman–Crippen LogP) is 3.38. The topological polar surface area (TPSA) is 71.5 Å². The van der Waals surface area contributed by atoms with Gasteiger partial charge in [-0.05, 0) is 56.2 Å². The lowest BCUT2D eigenvalue weighted by Gasteiger charge is -2.32. The van der Waals surface area contributed by atoms with Gasteiger partial charge >= 0.3 is 0 Å². The molecule has 154 valence electrons. The smallest absolute Gasteiger partial charge is 0.263 e. The molecule has 2 aromatic rings. The van der Waals surface area contributed by atoms with Crippen molar-refractivity contribution in [2.75, 3.05) is 26.2 Å². The van der Waals surface area contributed by atoms with Gasteiger partial charge in [-0.1, -0.05) is 6.07 Å². The Balaban J connectivity index is 1.42. The predicted molar refractivity (Wildman–Crippen MR) is 112 cm³/mol. The number of pyridine rings is 1. The Bertz CT molecular complexity index is 854. The first-order valence-electron chi connectivity index (χ1n) is 10.3. The molecule has 0 bridgehead atoms. The lowest BCUT2D eigenvalue weighted by atomic mass is 9.89. The van der Waals surface area contributed by atoms with Crippen molar-refractivity contribution in [2.24, 2.45) is 0 Å². The lowest BCUT2D eigenvalue weighted by Crippen LogP contribution is -2.38. The van der Waals surface area contributed by atoms with Gasteiger partial charge in [0.05, 0.1) is 22.2 Å². The standard InChI is InChI=1S/C22H27N3O3S/c1-15-6-7-18(21(26)23-14-17-4-2-12-28-17)20(24-15)16-8-10-25(11-9-16)22(27)19-5-3-13-29-19/h3,5-7,13,16-17H,2,4,8-12,14H2,1H3,(H,23,26). The molecule has 2 aliphatic heterocycles. The molecule has 2 aromatic heterocycles. The van der Waals surface area contributed by atoms with Crippen LogP contribution in [0, 0.1) is 6.92 Å². The van der Waals surface area contributed by atoms with Crippen LogP contribution in [0.1, 0.15) is 63.0 Å². The van der Waals surface area contributed by atoms with Gasteiger partial charge < -0.3 is 15.0 Å². The van der Waals surface area contributed by atoms with E-state index >= 15 is 0 Å². The number of piperidine rings is 1. The third-order valence-electron chi connectivity index (χ3n) is 5.72. The summed E-state index contributed by atoms with van der Waals surface area (Å²) >= 11 is 1.48. The van der Waals surface area contributed by atoms with Crippen molar-refractivity contribution < 1.29 is 14.3 Å². The molecule has 4 rings (SSSR count). The summed E-state index contributed by atoms with van der Waals surface area (Å²) in [6, 6.07) is 7.55. The summed E-state index contributed by atoms with van der Waals surface area (Å²) in [7, 11) is 0. The van der Waals surface area contributed by atoms with E-state index in [1.54, 1.807) is 0 Å². The second-order valence-electron chi connectivity index (χ2n) is 7.77. The van der Waals surface area contributed by atoms with E-state index in [-0.39, 0.29) is 23.8 Å². The van der Waals surface area contributed by atoms with Crippen molar-refractivity contribution in [1.82, 2.24) is 15.2 Å². The van der Waals surface area contributed by atoms with E-state index in [1.165, 1.54) is 11.3 Å². The number of carbonyl (C=O) groups excluding carboxylic acids is 2. The van der Waals surface area contributed by atoms with Gasteiger partial charge in [-0.15, -0.1) is 11.3 Å². The van der Waals surface area contributed by atoms with Crippen molar-refractivity contribution in [3.8, 4) is 0 Å². The Morgan fingerprint density at radius 1 is 1.24 bits per heavy atom. The summed E-state index contributed by atoms with van der Waals surface area (Å²) in [6.07, 6.45) is 3.81. The van der Waals surface area contributed by atoms with E-state index in [0.717, 1.165) is 48.6 Å². The lowest BCUT2D eigenvalue weighted by molar-refractivity contribution is 0.0715. The van der Waals surface area contributed by atoms with Gasteiger partial charge in [-0.3, -0.25) is 14.6 Å². The maximum absolute atomic E-state index is 12.8. The molecular weight excluding hydrogens is 386 g/mol. The molecule has 2 fully saturated rings. The second kappa shape index (κ2) is 9.05. The van der Waals surface area contributed by atoms with Crippen molar-refractivity contribution in [3.05, 3.63) is 51.5 Å². The van der Waals surface area contributed by atoms with Crippen LogP contribution in [-0.2, 0) is 4.74 Å². The molecule has 0 aromatic carbocycles. The molecular formula is C22H27N3O3S. The number of nitrogens with one attached hydrogen (secondary N) is 1. The quantitative estimate of drug-likeness (QED) is 0.816. The number of nitrogens with zero attached hydrogens (tertiary/aromatic N) is 2. The van der Waals surface area contributed by atoms with E-state index in [1.807, 2.05) is 41.5 Å². The average molecular weight is 414 g/mol. The number of carbonyl (C=O) groups is 2. The number of likely N-dealkylation sites (tertiary alicyclic amines) is 1. The molecule has 4 heterocycles. The summed E-state index contributed by atoms with van der Waals surface area (Å²) in [6.45, 7) is 4.65. The SMILES string of the molecule is Cc1ccc(C(=O)NCC2CCCO2)c(C2CCN(C(=O)c3cccs3)CC2)n1. The molecule has 2 saturated heterocycles. The highest BCUT2D eigenvalue weighted by Gasteiger charge is 2.29. The molecule has 2 aliphatic rings. The first-order chi connectivity index (χ1) is 14.1. The largest absolute Gasteiger partial charge is 0.376 e. The number of amides is 2. The number of thiophene rings is 1. The van der Waals surface area contributed by atoms with Crippen molar-refractivity contribution in [1.29, 1.82) is 0 Å². The van der Waals surface area contributed by atoms with Crippen LogP contribution >= 0.6 is 11.3 Å². The molecule has 2 amide bonds. The number of aryl methyl sites for hydroxylation is 1. The minimum absolute atomic E-state index is 0.0832. The number of rotatable bonds is 5. The zero-order chi connectivity index (χ0) is 20.2. The number of hydrogen-bond donors (Lipinski definition) is 1. The number of hydrogen-bond acceptors (Lipinski definition) is 5. The average Bonchev–Trinajstić information content (AvgIpc) is 3.46. The normalized spacial score (nSPS) is 20.0. The summed E-state index contributed by atoms with van der Waals surface area (Å²) in [5.74, 6) is 0.205. The van der Waals surface area contributed by atoms with Crippen molar-refractivity contribution in [2.45, 2.75) is 44.6 Å². The molecule has 7 heteroatoms. The first kappa shape index (κ1) is 20.0.